The highest BCUT2D eigenvalue weighted by molar-refractivity contribution is 7.96. The van der Waals surface area contributed by atoms with E-state index in [-0.39, 0.29) is 34.3 Å². The van der Waals surface area contributed by atoms with Crippen molar-refractivity contribution < 1.29 is 19.7 Å². The molecule has 108 valence electrons. The van der Waals surface area contributed by atoms with E-state index in [9.17, 15) is 10.2 Å². The van der Waals surface area contributed by atoms with Gasteiger partial charge in [-0.3, -0.25) is 4.31 Å². The average molecular weight is 318 g/mol. The molecule has 0 aromatic heterocycles. The first-order chi connectivity index (χ1) is 9.55. The monoisotopic (exact) mass is 317 g/mol. The van der Waals surface area contributed by atoms with Gasteiger partial charge in [0.15, 0.2) is 11.5 Å². The maximum Gasteiger partial charge on any atom is 0.329 e. The molecule has 7 nitrogen and oxygen atoms in total. The van der Waals surface area contributed by atoms with Gasteiger partial charge in [0.1, 0.15) is 17.9 Å². The highest BCUT2D eigenvalue weighted by atomic mass is 35.5. The van der Waals surface area contributed by atoms with Gasteiger partial charge >= 0.3 is 12.0 Å². The van der Waals surface area contributed by atoms with E-state index in [4.69, 9.17) is 21.1 Å². The Morgan fingerprint density at radius 1 is 1.35 bits per heavy atom. The number of aliphatic imine (C=N–C) groups is 1. The first kappa shape index (κ1) is 14.6. The van der Waals surface area contributed by atoms with Gasteiger partial charge in [0.05, 0.1) is 12.1 Å². The van der Waals surface area contributed by atoms with Crippen LogP contribution in [0.4, 0.5) is 0 Å². The highest BCUT2D eigenvalue weighted by Crippen LogP contribution is 2.36. The van der Waals surface area contributed by atoms with Crippen LogP contribution in [0.15, 0.2) is 21.5 Å². The number of nitrogens with zero attached hydrogens (tertiary/aromatic N) is 3. The van der Waals surface area contributed by atoms with Crippen LogP contribution in [0.3, 0.4) is 0 Å². The molecule has 1 heterocycles. The third kappa shape index (κ3) is 3.02. The Morgan fingerprint density at radius 3 is 2.75 bits per heavy atom. The van der Waals surface area contributed by atoms with E-state index in [1.165, 1.54) is 19.2 Å². The minimum absolute atomic E-state index is 0.0290. The van der Waals surface area contributed by atoms with E-state index < -0.39 is 0 Å². The van der Waals surface area contributed by atoms with E-state index in [1.54, 1.807) is 4.31 Å². The summed E-state index contributed by atoms with van der Waals surface area (Å²) in [6.07, 6.45) is 0. The number of phenols is 2. The summed E-state index contributed by atoms with van der Waals surface area (Å²) >= 11 is 6.79. The van der Waals surface area contributed by atoms with Gasteiger partial charge in [0.25, 0.3) is 0 Å². The number of halogens is 1. The zero-order chi connectivity index (χ0) is 14.7. The molecule has 0 radical (unpaired) electrons. The zero-order valence-electron chi connectivity index (χ0n) is 10.7. The molecule has 2 N–H and O–H groups in total. The lowest BCUT2D eigenvalue weighted by molar-refractivity contribution is 0.383. The topological polar surface area (TPSA) is 86.9 Å². The Morgan fingerprint density at radius 2 is 2.10 bits per heavy atom. The van der Waals surface area contributed by atoms with Crippen molar-refractivity contribution in [2.75, 3.05) is 13.7 Å². The van der Waals surface area contributed by atoms with E-state index in [0.717, 1.165) is 12.1 Å². The Kier molecular flexibility index (Phi) is 4.46. The first-order valence-corrected chi connectivity index (χ1v) is 6.70. The molecule has 0 unspecified atom stereocenters. The van der Waals surface area contributed by atoms with Crippen molar-refractivity contribution in [1.82, 2.24) is 4.31 Å². The fraction of sp³-hybridized carbons (Fsp3) is 0.273. The lowest BCUT2D eigenvalue weighted by Gasteiger charge is -2.23. The number of hydrogen-bond acceptors (Lipinski definition) is 8. The standard InChI is InChI=1S/C11H12ClN3O4S/c1-3-15-11(13-10(18-2)14-20-15)19-9-5-7(16)6(12)4-8(9)17/h4-5,16-17H,3H2,1-2H3. The molecule has 0 amide bonds. The minimum Gasteiger partial charge on any atom is -0.506 e. The largest absolute Gasteiger partial charge is 0.506 e. The smallest absolute Gasteiger partial charge is 0.329 e. The highest BCUT2D eigenvalue weighted by Gasteiger charge is 2.21. The maximum atomic E-state index is 9.77. The third-order valence-corrected chi connectivity index (χ3v) is 3.47. The SMILES string of the molecule is CCN1SN=C(OC)N=C1Oc1cc(O)c(Cl)cc1O. The molecule has 20 heavy (non-hydrogen) atoms. The lowest BCUT2D eigenvalue weighted by atomic mass is 10.3. The van der Waals surface area contributed by atoms with Gasteiger partial charge in [-0.2, -0.15) is 0 Å². The average Bonchev–Trinajstić information content (AvgIpc) is 2.44. The molecule has 1 aliphatic rings. The fourth-order valence-corrected chi connectivity index (χ4v) is 2.04. The Hall–Kier alpha value is -1.80. The molecule has 0 aliphatic carbocycles. The van der Waals surface area contributed by atoms with Crippen molar-refractivity contribution in [1.29, 1.82) is 0 Å². The molecule has 1 aromatic rings. The van der Waals surface area contributed by atoms with Crippen molar-refractivity contribution in [3.63, 3.8) is 0 Å². The van der Waals surface area contributed by atoms with Crippen LogP contribution in [0.25, 0.3) is 0 Å². The van der Waals surface area contributed by atoms with Crippen LogP contribution in [-0.4, -0.2) is 40.2 Å². The first-order valence-electron chi connectivity index (χ1n) is 5.59. The van der Waals surface area contributed by atoms with Crippen molar-refractivity contribution in [2.45, 2.75) is 6.92 Å². The number of hydrogen-bond donors (Lipinski definition) is 2. The molecule has 9 heteroatoms. The number of ether oxygens (including phenoxy) is 2. The molecule has 1 aromatic carbocycles. The van der Waals surface area contributed by atoms with E-state index >= 15 is 0 Å². The van der Waals surface area contributed by atoms with E-state index in [2.05, 4.69) is 9.39 Å². The normalized spacial score (nSPS) is 14.7. The second-order valence-corrected chi connectivity index (χ2v) is 4.82. The summed E-state index contributed by atoms with van der Waals surface area (Å²) in [5, 5.41) is 19.3. The summed E-state index contributed by atoms with van der Waals surface area (Å²) < 4.78 is 16.0. The van der Waals surface area contributed by atoms with Crippen LogP contribution in [0.5, 0.6) is 17.2 Å². The summed E-state index contributed by atoms with van der Waals surface area (Å²) in [6.45, 7) is 2.46. The van der Waals surface area contributed by atoms with Crippen LogP contribution in [0.2, 0.25) is 5.02 Å². The second-order valence-electron chi connectivity index (χ2n) is 3.62. The number of phenolic OH excluding ortho intramolecular Hbond substituents is 2. The molecular weight excluding hydrogens is 306 g/mol. The lowest BCUT2D eigenvalue weighted by Crippen LogP contribution is -2.32. The Labute approximate surface area is 124 Å². The molecule has 0 saturated carbocycles. The van der Waals surface area contributed by atoms with E-state index in [0.29, 0.717) is 6.54 Å². The molecule has 0 spiro atoms. The van der Waals surface area contributed by atoms with Gasteiger partial charge in [0, 0.05) is 18.7 Å². The van der Waals surface area contributed by atoms with Gasteiger partial charge in [-0.25, -0.2) is 0 Å². The number of amidine groups is 2. The summed E-state index contributed by atoms with van der Waals surface area (Å²) in [5.41, 5.74) is 0. The van der Waals surface area contributed by atoms with Gasteiger partial charge in [-0.1, -0.05) is 11.6 Å². The molecular formula is C11H12ClN3O4S. The van der Waals surface area contributed by atoms with Crippen molar-refractivity contribution in [3.05, 3.63) is 17.2 Å². The van der Waals surface area contributed by atoms with Gasteiger partial charge < -0.3 is 19.7 Å². The quantitative estimate of drug-likeness (QED) is 0.643. The predicted molar refractivity (Wildman–Crippen MR) is 77.3 cm³/mol. The Bertz CT molecular complexity index is 579. The minimum atomic E-state index is -0.210. The van der Waals surface area contributed by atoms with Crippen molar-refractivity contribution in [2.24, 2.45) is 9.39 Å². The maximum absolute atomic E-state index is 9.77. The van der Waals surface area contributed by atoms with Crippen LogP contribution >= 0.6 is 23.7 Å². The number of aromatic hydroxyl groups is 2. The van der Waals surface area contributed by atoms with Gasteiger partial charge in [0.2, 0.25) is 0 Å². The number of benzene rings is 1. The van der Waals surface area contributed by atoms with E-state index in [1.807, 2.05) is 6.92 Å². The molecule has 1 aliphatic heterocycles. The van der Waals surface area contributed by atoms with Crippen LogP contribution in [0, 0.1) is 0 Å². The van der Waals surface area contributed by atoms with Crippen LogP contribution in [0.1, 0.15) is 6.92 Å². The fourth-order valence-electron chi connectivity index (χ4n) is 1.34. The Balaban J connectivity index is 2.29. The summed E-state index contributed by atoms with van der Waals surface area (Å²) in [7, 11) is 1.44. The number of rotatable bonds is 2. The predicted octanol–water partition coefficient (Wildman–Crippen LogP) is 2.39. The van der Waals surface area contributed by atoms with Crippen LogP contribution in [-0.2, 0) is 4.74 Å². The van der Waals surface area contributed by atoms with Crippen LogP contribution < -0.4 is 4.74 Å². The van der Waals surface area contributed by atoms with Gasteiger partial charge in [-0.15, -0.1) is 9.39 Å². The molecule has 0 saturated heterocycles. The molecule has 0 atom stereocenters. The summed E-state index contributed by atoms with van der Waals surface area (Å²) in [6, 6.07) is 2.72. The molecule has 0 fully saturated rings. The zero-order valence-corrected chi connectivity index (χ0v) is 12.3. The summed E-state index contributed by atoms with van der Waals surface area (Å²) in [5.74, 6) is -0.382. The second kappa shape index (κ2) is 6.10. The summed E-state index contributed by atoms with van der Waals surface area (Å²) in [4.78, 5) is 4.04. The number of methoxy groups -OCH3 is 1. The third-order valence-electron chi connectivity index (χ3n) is 2.32. The van der Waals surface area contributed by atoms with Crippen molar-refractivity contribution in [3.8, 4) is 17.2 Å². The molecule has 0 bridgehead atoms. The van der Waals surface area contributed by atoms with Gasteiger partial charge in [-0.05, 0) is 6.92 Å². The molecule has 2 rings (SSSR count). The van der Waals surface area contributed by atoms with Crippen molar-refractivity contribution >= 4 is 35.8 Å².